The molecule has 2 atom stereocenters. The molecule has 1 aromatic rings. The van der Waals surface area contributed by atoms with E-state index in [-0.39, 0.29) is 6.04 Å². The molecule has 0 aromatic heterocycles. The van der Waals surface area contributed by atoms with E-state index in [2.05, 4.69) is 5.32 Å². The van der Waals surface area contributed by atoms with E-state index in [0.717, 1.165) is 25.7 Å². The summed E-state index contributed by atoms with van der Waals surface area (Å²) in [5.41, 5.74) is 0.567. The molecule has 1 saturated carbocycles. The predicted molar refractivity (Wildman–Crippen MR) is 82.4 cm³/mol. The fraction of sp³-hybridized carbons (Fsp3) is 0.562. The van der Waals surface area contributed by atoms with Gasteiger partial charge in [0.25, 0.3) is 0 Å². The van der Waals surface area contributed by atoms with Gasteiger partial charge in [0, 0.05) is 16.6 Å². The average Bonchev–Trinajstić information content (AvgIpc) is 2.48. The van der Waals surface area contributed by atoms with Crippen LogP contribution in [-0.2, 0) is 4.74 Å². The minimum absolute atomic E-state index is 0.191. The van der Waals surface area contributed by atoms with Gasteiger partial charge in [-0.25, -0.2) is 4.79 Å². The molecule has 0 bridgehead atoms. The van der Waals surface area contributed by atoms with E-state index < -0.39 is 18.3 Å². The molecule has 1 aromatic carbocycles. The second-order valence-corrected chi connectivity index (χ2v) is 5.96. The number of ether oxygens (including phenoxy) is 1. The summed E-state index contributed by atoms with van der Waals surface area (Å²) >= 11 is 6.04. The van der Waals surface area contributed by atoms with Gasteiger partial charge in [0.15, 0.2) is 0 Å². The summed E-state index contributed by atoms with van der Waals surface area (Å²) < 4.78 is 5.27. The Morgan fingerprint density at radius 2 is 2.00 bits per heavy atom. The molecule has 4 nitrogen and oxygen atoms in total. The van der Waals surface area contributed by atoms with Crippen molar-refractivity contribution in [3.8, 4) is 0 Å². The number of benzene rings is 1. The van der Waals surface area contributed by atoms with Crippen LogP contribution in [0.1, 0.15) is 50.7 Å². The van der Waals surface area contributed by atoms with Crippen LogP contribution in [0.25, 0.3) is 0 Å². The number of aliphatic hydroxyl groups excluding tert-OH is 1. The molecule has 0 spiro atoms. The Morgan fingerprint density at radius 3 is 2.67 bits per heavy atom. The number of hydrogen-bond acceptors (Lipinski definition) is 3. The Hall–Kier alpha value is -1.26. The number of aliphatic hydroxyl groups is 1. The Bertz CT molecular complexity index is 474. The number of halogens is 1. The lowest BCUT2D eigenvalue weighted by Gasteiger charge is -2.25. The summed E-state index contributed by atoms with van der Waals surface area (Å²) in [6, 6.07) is 7.20. The van der Waals surface area contributed by atoms with Crippen molar-refractivity contribution in [3.63, 3.8) is 0 Å². The van der Waals surface area contributed by atoms with Crippen LogP contribution in [-0.4, -0.2) is 23.3 Å². The molecular weight excluding hydrogens is 290 g/mol. The smallest absolute Gasteiger partial charge is 0.407 e. The molecule has 2 N–H and O–H groups in total. The van der Waals surface area contributed by atoms with E-state index in [0.29, 0.717) is 10.6 Å². The standard InChI is InChI=1S/C16H22ClNO3/c1-11(15(19)13-9-5-6-10-14(13)17)21-16(20)18-12-7-3-2-4-8-12/h5-6,9-12,15,19H,2-4,7-8H2,1H3,(H,18,20)/t11-,15+/m1/s1. The number of alkyl carbamates (subject to hydrolysis) is 1. The lowest BCUT2D eigenvalue weighted by Crippen LogP contribution is -2.38. The van der Waals surface area contributed by atoms with E-state index in [4.69, 9.17) is 16.3 Å². The summed E-state index contributed by atoms with van der Waals surface area (Å²) in [6.45, 7) is 1.66. The SMILES string of the molecule is C[C@@H](OC(=O)NC1CCCCC1)[C@H](O)c1ccccc1Cl. The number of hydrogen-bond donors (Lipinski definition) is 2. The van der Waals surface area contributed by atoms with Crippen molar-refractivity contribution in [2.24, 2.45) is 0 Å². The molecule has 0 aliphatic heterocycles. The van der Waals surface area contributed by atoms with Crippen LogP contribution < -0.4 is 5.32 Å². The molecule has 2 rings (SSSR count). The zero-order valence-electron chi connectivity index (χ0n) is 12.2. The van der Waals surface area contributed by atoms with Gasteiger partial charge in [-0.1, -0.05) is 49.1 Å². The maximum Gasteiger partial charge on any atom is 0.407 e. The van der Waals surface area contributed by atoms with Crippen LogP contribution >= 0.6 is 11.6 Å². The number of nitrogens with one attached hydrogen (secondary N) is 1. The number of carbonyl (C=O) groups is 1. The number of amides is 1. The number of carbonyl (C=O) groups excluding carboxylic acids is 1. The van der Waals surface area contributed by atoms with Crippen molar-refractivity contribution in [1.82, 2.24) is 5.32 Å². The molecular formula is C16H22ClNO3. The van der Waals surface area contributed by atoms with Crippen LogP contribution in [0.15, 0.2) is 24.3 Å². The highest BCUT2D eigenvalue weighted by atomic mass is 35.5. The first-order valence-electron chi connectivity index (χ1n) is 7.47. The minimum Gasteiger partial charge on any atom is -0.443 e. The van der Waals surface area contributed by atoms with Crippen molar-refractivity contribution in [2.75, 3.05) is 0 Å². The van der Waals surface area contributed by atoms with E-state index in [9.17, 15) is 9.90 Å². The van der Waals surface area contributed by atoms with Crippen LogP contribution in [0.3, 0.4) is 0 Å². The monoisotopic (exact) mass is 311 g/mol. The van der Waals surface area contributed by atoms with Gasteiger partial charge in [-0.3, -0.25) is 0 Å². The van der Waals surface area contributed by atoms with E-state index in [1.807, 2.05) is 0 Å². The first-order valence-corrected chi connectivity index (χ1v) is 7.85. The highest BCUT2D eigenvalue weighted by Gasteiger charge is 2.24. The van der Waals surface area contributed by atoms with Gasteiger partial charge >= 0.3 is 6.09 Å². The molecule has 0 radical (unpaired) electrons. The van der Waals surface area contributed by atoms with Gasteiger partial charge in [0.05, 0.1) is 0 Å². The summed E-state index contributed by atoms with van der Waals surface area (Å²) in [6.07, 6.45) is 3.44. The van der Waals surface area contributed by atoms with E-state index in [1.165, 1.54) is 6.42 Å². The third kappa shape index (κ3) is 4.61. The van der Waals surface area contributed by atoms with E-state index >= 15 is 0 Å². The normalized spacial score (nSPS) is 18.8. The second kappa shape index (κ2) is 7.66. The highest BCUT2D eigenvalue weighted by Crippen LogP contribution is 2.26. The largest absolute Gasteiger partial charge is 0.443 e. The highest BCUT2D eigenvalue weighted by molar-refractivity contribution is 6.31. The Morgan fingerprint density at radius 1 is 1.33 bits per heavy atom. The second-order valence-electron chi connectivity index (χ2n) is 5.56. The van der Waals surface area contributed by atoms with Crippen LogP contribution in [0.5, 0.6) is 0 Å². The van der Waals surface area contributed by atoms with Gasteiger partial charge in [-0.15, -0.1) is 0 Å². The maximum atomic E-state index is 11.9. The Balaban J connectivity index is 1.86. The maximum absolute atomic E-state index is 11.9. The van der Waals surface area contributed by atoms with Crippen LogP contribution in [0, 0.1) is 0 Å². The fourth-order valence-corrected chi connectivity index (χ4v) is 2.90. The summed E-state index contributed by atoms with van der Waals surface area (Å²) in [4.78, 5) is 11.9. The summed E-state index contributed by atoms with van der Waals surface area (Å²) in [5.74, 6) is 0. The van der Waals surface area contributed by atoms with Gasteiger partial charge in [0.1, 0.15) is 12.2 Å². The molecule has 0 heterocycles. The third-order valence-electron chi connectivity index (χ3n) is 3.89. The molecule has 21 heavy (non-hydrogen) atoms. The van der Waals surface area contributed by atoms with Crippen molar-refractivity contribution >= 4 is 17.7 Å². The third-order valence-corrected chi connectivity index (χ3v) is 4.23. The fourth-order valence-electron chi connectivity index (χ4n) is 2.65. The minimum atomic E-state index is -0.934. The Labute approximate surface area is 130 Å². The first-order chi connectivity index (χ1) is 10.1. The number of rotatable bonds is 4. The van der Waals surface area contributed by atoms with Gasteiger partial charge < -0.3 is 15.2 Å². The molecule has 0 saturated heterocycles. The molecule has 116 valence electrons. The van der Waals surface area contributed by atoms with E-state index in [1.54, 1.807) is 31.2 Å². The van der Waals surface area contributed by atoms with Crippen molar-refractivity contribution < 1.29 is 14.6 Å². The quantitative estimate of drug-likeness (QED) is 0.888. The molecule has 0 unspecified atom stereocenters. The molecule has 1 aliphatic carbocycles. The summed E-state index contributed by atoms with van der Waals surface area (Å²) in [5, 5.41) is 13.6. The van der Waals surface area contributed by atoms with Crippen molar-refractivity contribution in [3.05, 3.63) is 34.9 Å². The molecule has 1 aliphatic rings. The average molecular weight is 312 g/mol. The molecule has 1 fully saturated rings. The first kappa shape index (κ1) is 16.1. The zero-order valence-corrected chi connectivity index (χ0v) is 13.0. The lowest BCUT2D eigenvalue weighted by molar-refractivity contribution is 0.0103. The molecule has 5 heteroatoms. The lowest BCUT2D eigenvalue weighted by atomic mass is 9.96. The van der Waals surface area contributed by atoms with Crippen LogP contribution in [0.2, 0.25) is 5.02 Å². The predicted octanol–water partition coefficient (Wildman–Crippen LogP) is 3.82. The van der Waals surface area contributed by atoms with Crippen molar-refractivity contribution in [1.29, 1.82) is 0 Å². The Kier molecular flexibility index (Phi) is 5.88. The van der Waals surface area contributed by atoms with Gasteiger partial charge in [-0.05, 0) is 25.8 Å². The van der Waals surface area contributed by atoms with Gasteiger partial charge in [0.2, 0.25) is 0 Å². The topological polar surface area (TPSA) is 58.6 Å². The van der Waals surface area contributed by atoms with Gasteiger partial charge in [-0.2, -0.15) is 0 Å². The molecule has 1 amide bonds. The van der Waals surface area contributed by atoms with Crippen molar-refractivity contribution in [2.45, 2.75) is 57.3 Å². The zero-order chi connectivity index (χ0) is 15.2. The summed E-state index contributed by atoms with van der Waals surface area (Å²) in [7, 11) is 0. The van der Waals surface area contributed by atoms with Crippen LogP contribution in [0.4, 0.5) is 4.79 Å².